The lowest BCUT2D eigenvalue weighted by atomic mass is 9.91. The maximum atomic E-state index is 13.5. The highest BCUT2D eigenvalue weighted by atomic mass is 19.1. The van der Waals surface area contributed by atoms with Crippen molar-refractivity contribution in [3.8, 4) is 5.75 Å². The number of ether oxygens (including phenoxy) is 1. The van der Waals surface area contributed by atoms with Gasteiger partial charge in [-0.25, -0.2) is 9.37 Å². The van der Waals surface area contributed by atoms with E-state index < -0.39 is 0 Å². The van der Waals surface area contributed by atoms with E-state index >= 15 is 0 Å². The monoisotopic (exact) mass is 462 g/mol. The highest BCUT2D eigenvalue weighted by molar-refractivity contribution is 5.80. The van der Waals surface area contributed by atoms with Crippen molar-refractivity contribution in [1.82, 2.24) is 14.5 Å². The summed E-state index contributed by atoms with van der Waals surface area (Å²) < 4.78 is 26.5. The molecule has 5 rings (SSSR count). The molecule has 1 aliphatic heterocycles. The number of fused-ring (bicyclic) bond motifs is 2. The first-order valence-corrected chi connectivity index (χ1v) is 11.6. The maximum Gasteiger partial charge on any atom is 0.261 e. The van der Waals surface area contributed by atoms with E-state index in [1.807, 2.05) is 19.9 Å². The Labute approximate surface area is 196 Å². The average molecular weight is 463 g/mol. The number of nitrogens with zero attached hydrogens (tertiary/aromatic N) is 4. The third-order valence-electron chi connectivity index (χ3n) is 6.62. The molecular weight excluding hydrogens is 435 g/mol. The fraction of sp³-hybridized carbons (Fsp3) is 0.346. The molecule has 1 aliphatic rings. The Morgan fingerprint density at radius 1 is 1.29 bits per heavy atom. The first-order chi connectivity index (χ1) is 16.5. The highest BCUT2D eigenvalue weighted by Crippen LogP contribution is 2.38. The Hall–Kier alpha value is -3.68. The summed E-state index contributed by atoms with van der Waals surface area (Å²) >= 11 is 0. The molecule has 4 aromatic rings. The molecule has 7 nitrogen and oxygen atoms in total. The maximum absolute atomic E-state index is 13.5. The molecule has 4 heterocycles. The first-order valence-electron chi connectivity index (χ1n) is 11.6. The molecule has 8 heteroatoms. The van der Waals surface area contributed by atoms with Crippen molar-refractivity contribution in [2.45, 2.75) is 39.0 Å². The summed E-state index contributed by atoms with van der Waals surface area (Å²) in [5.74, 6) is 0.476. The number of aromatic nitrogens is 3. The van der Waals surface area contributed by atoms with Crippen molar-refractivity contribution in [1.29, 1.82) is 0 Å². The van der Waals surface area contributed by atoms with Crippen LogP contribution in [0.15, 0.2) is 52.4 Å². The minimum absolute atomic E-state index is 0.0620. The second-order valence-corrected chi connectivity index (χ2v) is 8.63. The molecule has 34 heavy (non-hydrogen) atoms. The molecular formula is C26H27FN4O3. The smallest absolute Gasteiger partial charge is 0.261 e. The molecule has 1 saturated heterocycles. The van der Waals surface area contributed by atoms with Crippen molar-refractivity contribution in [2.24, 2.45) is 0 Å². The van der Waals surface area contributed by atoms with E-state index in [1.165, 1.54) is 12.1 Å². The largest absolute Gasteiger partial charge is 0.483 e. The van der Waals surface area contributed by atoms with Crippen LogP contribution in [-0.2, 0) is 6.42 Å². The van der Waals surface area contributed by atoms with Gasteiger partial charge >= 0.3 is 0 Å². The third kappa shape index (κ3) is 3.73. The fourth-order valence-electron chi connectivity index (χ4n) is 4.87. The van der Waals surface area contributed by atoms with Crippen LogP contribution in [0.5, 0.6) is 5.75 Å². The molecule has 0 amide bonds. The Kier molecular flexibility index (Phi) is 5.81. The zero-order valence-electron chi connectivity index (χ0n) is 19.4. The number of hydrogen-bond donors (Lipinski definition) is 0. The van der Waals surface area contributed by atoms with Gasteiger partial charge in [-0.1, -0.05) is 24.7 Å². The molecule has 0 spiro atoms. The summed E-state index contributed by atoms with van der Waals surface area (Å²) in [5.41, 5.74) is 4.15. The summed E-state index contributed by atoms with van der Waals surface area (Å²) in [5, 5.41) is 5.12. The van der Waals surface area contributed by atoms with E-state index in [0.29, 0.717) is 35.6 Å². The summed E-state index contributed by atoms with van der Waals surface area (Å²) in [6, 6.07) is 6.49. The summed E-state index contributed by atoms with van der Waals surface area (Å²) in [6.07, 6.45) is 5.81. The van der Waals surface area contributed by atoms with Gasteiger partial charge in [-0.15, -0.1) is 0 Å². The van der Waals surface area contributed by atoms with E-state index in [1.54, 1.807) is 22.7 Å². The Morgan fingerprint density at radius 3 is 2.82 bits per heavy atom. The van der Waals surface area contributed by atoms with Crippen LogP contribution in [0, 0.1) is 12.7 Å². The number of aryl methyl sites for hydroxylation is 1. The van der Waals surface area contributed by atoms with Crippen molar-refractivity contribution >= 4 is 22.3 Å². The number of pyridine rings is 1. The zero-order chi connectivity index (χ0) is 23.8. The van der Waals surface area contributed by atoms with Gasteiger partial charge in [0.2, 0.25) is 0 Å². The fourth-order valence-corrected chi connectivity index (χ4v) is 4.87. The van der Waals surface area contributed by atoms with Crippen molar-refractivity contribution in [3.05, 3.63) is 76.2 Å². The quantitative estimate of drug-likeness (QED) is 0.384. The second kappa shape index (κ2) is 8.93. The first kappa shape index (κ1) is 22.1. The minimum atomic E-state index is -0.331. The normalized spacial score (nSPS) is 14.7. The molecule has 1 aromatic carbocycles. The van der Waals surface area contributed by atoms with E-state index in [0.717, 1.165) is 48.4 Å². The van der Waals surface area contributed by atoms with Gasteiger partial charge in [-0.2, -0.15) is 0 Å². The van der Waals surface area contributed by atoms with E-state index in [-0.39, 0.29) is 17.3 Å². The van der Waals surface area contributed by atoms with Crippen molar-refractivity contribution < 1.29 is 13.7 Å². The van der Waals surface area contributed by atoms with Gasteiger partial charge in [0.05, 0.1) is 11.4 Å². The van der Waals surface area contributed by atoms with Crippen LogP contribution in [0.25, 0.3) is 16.6 Å². The van der Waals surface area contributed by atoms with Gasteiger partial charge in [0.1, 0.15) is 12.4 Å². The van der Waals surface area contributed by atoms with Gasteiger partial charge in [-0.3, -0.25) is 9.20 Å². The van der Waals surface area contributed by atoms with Crippen molar-refractivity contribution in [3.63, 3.8) is 0 Å². The van der Waals surface area contributed by atoms with Gasteiger partial charge in [0.25, 0.3) is 5.56 Å². The van der Waals surface area contributed by atoms with E-state index in [9.17, 15) is 9.18 Å². The summed E-state index contributed by atoms with van der Waals surface area (Å²) in [7, 11) is 0. The molecule has 0 N–H and O–H groups in total. The lowest BCUT2D eigenvalue weighted by Gasteiger charge is -2.34. The summed E-state index contributed by atoms with van der Waals surface area (Å²) in [6.45, 7) is 9.45. The Balaban J connectivity index is 1.47. The molecule has 176 valence electrons. The molecule has 0 aliphatic carbocycles. The molecule has 0 radical (unpaired) electrons. The number of benzene rings is 1. The van der Waals surface area contributed by atoms with Crippen LogP contribution in [0.1, 0.15) is 42.6 Å². The van der Waals surface area contributed by atoms with E-state index in [2.05, 4.69) is 16.6 Å². The van der Waals surface area contributed by atoms with Crippen molar-refractivity contribution in [2.75, 3.05) is 24.6 Å². The average Bonchev–Trinajstić information content (AvgIpc) is 3.26. The van der Waals surface area contributed by atoms with Crippen LogP contribution in [0.4, 0.5) is 10.1 Å². The number of anilines is 1. The topological polar surface area (TPSA) is 72.9 Å². The SMILES string of the molecule is C=CCOc1c(N2CCC(c3noc4cc(F)ccc34)CC2)ccn2c(=O)c(CC)c(C)nc12. The zero-order valence-corrected chi connectivity index (χ0v) is 19.4. The number of rotatable bonds is 6. The van der Waals surface area contributed by atoms with Gasteiger partial charge in [-0.05, 0) is 44.4 Å². The number of hydrogen-bond acceptors (Lipinski definition) is 6. The Bertz CT molecular complexity index is 1430. The minimum Gasteiger partial charge on any atom is -0.483 e. The van der Waals surface area contributed by atoms with Gasteiger partial charge in [0.15, 0.2) is 17.0 Å². The molecule has 0 unspecified atom stereocenters. The molecule has 0 atom stereocenters. The lowest BCUT2D eigenvalue weighted by molar-refractivity contribution is 0.362. The van der Waals surface area contributed by atoms with Crippen LogP contribution in [-0.4, -0.2) is 34.2 Å². The lowest BCUT2D eigenvalue weighted by Crippen LogP contribution is -2.34. The predicted octanol–water partition coefficient (Wildman–Crippen LogP) is 4.79. The third-order valence-corrected chi connectivity index (χ3v) is 6.62. The predicted molar refractivity (Wildman–Crippen MR) is 129 cm³/mol. The van der Waals surface area contributed by atoms with Crippen LogP contribution in [0.3, 0.4) is 0 Å². The molecule has 3 aromatic heterocycles. The van der Waals surface area contributed by atoms with Crippen LogP contribution >= 0.6 is 0 Å². The second-order valence-electron chi connectivity index (χ2n) is 8.63. The van der Waals surface area contributed by atoms with Gasteiger partial charge < -0.3 is 14.2 Å². The standard InChI is InChI=1S/C26H27FN4O3/c1-4-14-33-24-21(10-13-31-25(24)28-16(3)19(5-2)26(31)32)30-11-8-17(9-12-30)23-20-7-6-18(27)15-22(20)34-29-23/h4,6-7,10,13,15,17H,1,5,8-9,11-12,14H2,2-3H3. The Morgan fingerprint density at radius 2 is 2.09 bits per heavy atom. The summed E-state index contributed by atoms with van der Waals surface area (Å²) in [4.78, 5) is 20.0. The molecule has 1 fully saturated rings. The van der Waals surface area contributed by atoms with Crippen LogP contribution < -0.4 is 15.2 Å². The highest BCUT2D eigenvalue weighted by Gasteiger charge is 2.28. The van der Waals surface area contributed by atoms with E-state index in [4.69, 9.17) is 14.2 Å². The number of halogens is 1. The molecule has 0 bridgehead atoms. The van der Waals surface area contributed by atoms with Crippen LogP contribution in [0.2, 0.25) is 0 Å². The van der Waals surface area contributed by atoms with Gasteiger partial charge in [0, 0.05) is 47.9 Å². The number of piperidine rings is 1. The molecule has 0 saturated carbocycles.